The zero-order valence-electron chi connectivity index (χ0n) is 15.6. The van der Waals surface area contributed by atoms with Crippen molar-refractivity contribution < 1.29 is 4.79 Å². The van der Waals surface area contributed by atoms with Crippen LogP contribution in [-0.2, 0) is 6.42 Å². The molecule has 0 saturated carbocycles. The van der Waals surface area contributed by atoms with Crippen LogP contribution in [-0.4, -0.2) is 51.9 Å². The Morgan fingerprint density at radius 2 is 2.04 bits per heavy atom. The summed E-state index contributed by atoms with van der Waals surface area (Å²) in [7, 11) is 1.82. The number of hydrogen-bond acceptors (Lipinski definition) is 5. The van der Waals surface area contributed by atoms with E-state index in [1.807, 2.05) is 19.2 Å². The van der Waals surface area contributed by atoms with Gasteiger partial charge in [0.05, 0.1) is 0 Å². The molecule has 3 heterocycles. The first-order valence-electron chi connectivity index (χ1n) is 9.43. The Morgan fingerprint density at radius 1 is 1.23 bits per heavy atom. The van der Waals surface area contributed by atoms with Gasteiger partial charge in [0.1, 0.15) is 5.69 Å². The van der Waals surface area contributed by atoms with E-state index in [9.17, 15) is 4.79 Å². The number of hydrogen-bond donors (Lipinski definition) is 0. The van der Waals surface area contributed by atoms with Gasteiger partial charge in [0.2, 0.25) is 5.95 Å². The van der Waals surface area contributed by atoms with Gasteiger partial charge in [0.15, 0.2) is 0 Å². The van der Waals surface area contributed by atoms with Gasteiger partial charge in [-0.15, -0.1) is 0 Å². The number of likely N-dealkylation sites (N-methyl/N-ethyl adjacent to an activating group) is 1. The Hall–Kier alpha value is -2.50. The average Bonchev–Trinajstić information content (AvgIpc) is 2.72. The summed E-state index contributed by atoms with van der Waals surface area (Å²) in [5.74, 6) is 0.623. The summed E-state index contributed by atoms with van der Waals surface area (Å²) < 4.78 is 0. The Balaban J connectivity index is 1.67. The van der Waals surface area contributed by atoms with Crippen LogP contribution in [0.25, 0.3) is 0 Å². The number of rotatable bonds is 6. The van der Waals surface area contributed by atoms with E-state index in [2.05, 4.69) is 26.8 Å². The van der Waals surface area contributed by atoms with Gasteiger partial charge in [-0.25, -0.2) is 9.97 Å². The highest BCUT2D eigenvalue weighted by atomic mass is 16.2. The minimum absolute atomic E-state index is 0.0623. The number of carbonyl (C=O) groups excluding carboxylic acids is 1. The largest absolute Gasteiger partial charge is 0.340 e. The minimum Gasteiger partial charge on any atom is -0.340 e. The molecule has 3 rings (SSSR count). The molecule has 2 aromatic heterocycles. The van der Waals surface area contributed by atoms with Crippen LogP contribution in [0.5, 0.6) is 0 Å². The van der Waals surface area contributed by atoms with Crippen molar-refractivity contribution in [2.45, 2.75) is 45.1 Å². The third kappa shape index (κ3) is 4.36. The van der Waals surface area contributed by atoms with Crippen LogP contribution in [0.3, 0.4) is 0 Å². The first-order valence-corrected chi connectivity index (χ1v) is 9.43. The fraction of sp³-hybridized carbons (Fsp3) is 0.500. The first kappa shape index (κ1) is 18.3. The van der Waals surface area contributed by atoms with Crippen molar-refractivity contribution in [1.29, 1.82) is 0 Å². The summed E-state index contributed by atoms with van der Waals surface area (Å²) >= 11 is 0. The summed E-state index contributed by atoms with van der Waals surface area (Å²) in [5.41, 5.74) is 1.63. The van der Waals surface area contributed by atoms with E-state index < -0.39 is 0 Å². The van der Waals surface area contributed by atoms with E-state index in [4.69, 9.17) is 0 Å². The van der Waals surface area contributed by atoms with E-state index in [1.54, 1.807) is 29.6 Å². The molecular formula is C20H27N5O. The minimum atomic E-state index is -0.0623. The summed E-state index contributed by atoms with van der Waals surface area (Å²) in [6.07, 6.45) is 10.7. The average molecular weight is 353 g/mol. The standard InChI is InChI=1S/C20H27N5O/c1-3-17-6-4-5-14-25(17)20-22-13-9-18(23-20)19(26)24(2)15-10-16-7-11-21-12-8-16/h7-9,11-13,17H,3-6,10,14-15H2,1-2H3. The normalized spacial score (nSPS) is 17.2. The zero-order chi connectivity index (χ0) is 18.4. The molecule has 1 atom stereocenters. The van der Waals surface area contributed by atoms with Crippen LogP contribution in [0.1, 0.15) is 48.7 Å². The predicted octanol–water partition coefficient (Wildman–Crippen LogP) is 2.96. The van der Waals surface area contributed by atoms with Gasteiger partial charge < -0.3 is 9.80 Å². The van der Waals surface area contributed by atoms with Crippen molar-refractivity contribution >= 4 is 11.9 Å². The van der Waals surface area contributed by atoms with Gasteiger partial charge >= 0.3 is 0 Å². The number of carbonyl (C=O) groups is 1. The van der Waals surface area contributed by atoms with E-state index in [0.717, 1.165) is 25.8 Å². The van der Waals surface area contributed by atoms with Crippen LogP contribution >= 0.6 is 0 Å². The van der Waals surface area contributed by atoms with Crippen LogP contribution in [0, 0.1) is 0 Å². The first-order chi connectivity index (χ1) is 12.7. The van der Waals surface area contributed by atoms with Crippen LogP contribution < -0.4 is 4.90 Å². The lowest BCUT2D eigenvalue weighted by atomic mass is 10.0. The van der Waals surface area contributed by atoms with Gasteiger partial charge in [-0.3, -0.25) is 9.78 Å². The predicted molar refractivity (Wildman–Crippen MR) is 102 cm³/mol. The second kappa shape index (κ2) is 8.74. The second-order valence-corrected chi connectivity index (χ2v) is 6.83. The van der Waals surface area contributed by atoms with Gasteiger partial charge in [0, 0.05) is 44.8 Å². The highest BCUT2D eigenvalue weighted by Crippen LogP contribution is 2.23. The lowest BCUT2D eigenvalue weighted by Gasteiger charge is -2.35. The number of piperidine rings is 1. The quantitative estimate of drug-likeness (QED) is 0.799. The van der Waals surface area contributed by atoms with Crippen molar-refractivity contribution in [2.24, 2.45) is 0 Å². The van der Waals surface area contributed by atoms with Crippen molar-refractivity contribution in [3.8, 4) is 0 Å². The molecular weight excluding hydrogens is 326 g/mol. The molecule has 1 amide bonds. The Morgan fingerprint density at radius 3 is 2.81 bits per heavy atom. The molecule has 6 heteroatoms. The molecule has 1 fully saturated rings. The zero-order valence-corrected chi connectivity index (χ0v) is 15.6. The lowest BCUT2D eigenvalue weighted by molar-refractivity contribution is 0.0790. The number of nitrogens with zero attached hydrogens (tertiary/aromatic N) is 5. The molecule has 0 bridgehead atoms. The molecule has 2 aromatic rings. The third-order valence-electron chi connectivity index (χ3n) is 5.05. The Bertz CT molecular complexity index is 721. The molecule has 1 aliphatic heterocycles. The highest BCUT2D eigenvalue weighted by Gasteiger charge is 2.24. The topological polar surface area (TPSA) is 62.2 Å². The molecule has 0 aliphatic carbocycles. The molecule has 0 N–H and O–H groups in total. The molecule has 0 radical (unpaired) electrons. The smallest absolute Gasteiger partial charge is 0.272 e. The van der Waals surface area contributed by atoms with Gasteiger partial charge in [-0.1, -0.05) is 6.92 Å². The van der Waals surface area contributed by atoms with Crippen LogP contribution in [0.2, 0.25) is 0 Å². The van der Waals surface area contributed by atoms with Crippen molar-refractivity contribution in [1.82, 2.24) is 19.9 Å². The Kier molecular flexibility index (Phi) is 6.15. The second-order valence-electron chi connectivity index (χ2n) is 6.83. The summed E-state index contributed by atoms with van der Waals surface area (Å²) in [5, 5.41) is 0. The van der Waals surface area contributed by atoms with E-state index in [1.165, 1.54) is 18.4 Å². The van der Waals surface area contributed by atoms with Crippen LogP contribution in [0.4, 0.5) is 5.95 Å². The SMILES string of the molecule is CCC1CCCCN1c1nccc(C(=O)N(C)CCc2ccncc2)n1. The van der Waals surface area contributed by atoms with Crippen LogP contribution in [0.15, 0.2) is 36.8 Å². The maximum absolute atomic E-state index is 12.8. The van der Waals surface area contributed by atoms with Gasteiger partial charge in [-0.05, 0) is 55.9 Å². The Labute approximate surface area is 155 Å². The van der Waals surface area contributed by atoms with Crippen molar-refractivity contribution in [3.05, 3.63) is 48.0 Å². The van der Waals surface area contributed by atoms with Crippen molar-refractivity contribution in [3.63, 3.8) is 0 Å². The number of anilines is 1. The molecule has 26 heavy (non-hydrogen) atoms. The van der Waals surface area contributed by atoms with E-state index in [-0.39, 0.29) is 5.91 Å². The number of amides is 1. The number of aromatic nitrogens is 3. The molecule has 138 valence electrons. The maximum Gasteiger partial charge on any atom is 0.272 e. The molecule has 0 spiro atoms. The van der Waals surface area contributed by atoms with Gasteiger partial charge in [0.25, 0.3) is 5.91 Å². The monoisotopic (exact) mass is 353 g/mol. The molecule has 6 nitrogen and oxygen atoms in total. The summed E-state index contributed by atoms with van der Waals surface area (Å²) in [6, 6.07) is 6.13. The molecule has 1 unspecified atom stereocenters. The van der Waals surface area contributed by atoms with E-state index >= 15 is 0 Å². The summed E-state index contributed by atoms with van der Waals surface area (Å²) in [4.78, 5) is 29.8. The maximum atomic E-state index is 12.8. The fourth-order valence-electron chi connectivity index (χ4n) is 3.44. The molecule has 1 saturated heterocycles. The highest BCUT2D eigenvalue weighted by molar-refractivity contribution is 5.92. The van der Waals surface area contributed by atoms with Gasteiger partial charge in [-0.2, -0.15) is 0 Å². The summed E-state index contributed by atoms with van der Waals surface area (Å²) in [6.45, 7) is 3.81. The van der Waals surface area contributed by atoms with E-state index in [0.29, 0.717) is 24.2 Å². The van der Waals surface area contributed by atoms with Crippen molar-refractivity contribution in [2.75, 3.05) is 25.0 Å². The molecule has 0 aromatic carbocycles. The molecule has 1 aliphatic rings. The lowest BCUT2D eigenvalue weighted by Crippen LogP contribution is -2.40. The number of pyridine rings is 1. The fourth-order valence-corrected chi connectivity index (χ4v) is 3.44. The third-order valence-corrected chi connectivity index (χ3v) is 5.05.